The molecule has 2 N–H and O–H groups in total. The molecule has 4 nitrogen and oxygen atoms in total. The quantitative estimate of drug-likeness (QED) is 0.779. The second kappa shape index (κ2) is 7.10. The molecule has 0 saturated carbocycles. The number of aryl methyl sites for hydroxylation is 1. The lowest BCUT2D eigenvalue weighted by Crippen LogP contribution is -2.17. The number of halogens is 6. The van der Waals surface area contributed by atoms with Crippen molar-refractivity contribution in [3.8, 4) is 11.3 Å². The van der Waals surface area contributed by atoms with Gasteiger partial charge in [0.05, 0.1) is 22.9 Å². The molecule has 1 aromatic heterocycles. The summed E-state index contributed by atoms with van der Waals surface area (Å²) in [6.45, 7) is 3.24. The third kappa shape index (κ3) is 4.63. The van der Waals surface area contributed by atoms with Gasteiger partial charge in [-0.1, -0.05) is 6.07 Å². The molecule has 0 aliphatic rings. The van der Waals surface area contributed by atoms with E-state index in [4.69, 9.17) is 0 Å². The van der Waals surface area contributed by atoms with Crippen molar-refractivity contribution >= 4 is 5.82 Å². The first-order valence-electron chi connectivity index (χ1n) is 7.44. The zero-order valence-electron chi connectivity index (χ0n) is 13.7. The maximum atomic E-state index is 13.2. The van der Waals surface area contributed by atoms with Gasteiger partial charge in [0.1, 0.15) is 0 Å². The molecule has 0 bridgehead atoms. The predicted octanol–water partition coefficient (Wildman–Crippen LogP) is 4.28. The van der Waals surface area contributed by atoms with Crippen molar-refractivity contribution in [1.29, 1.82) is 0 Å². The summed E-state index contributed by atoms with van der Waals surface area (Å²) in [6, 6.07) is 2.65. The van der Waals surface area contributed by atoms with Gasteiger partial charge in [0, 0.05) is 12.1 Å². The Hall–Kier alpha value is -2.36. The Morgan fingerprint density at radius 2 is 1.69 bits per heavy atom. The van der Waals surface area contributed by atoms with Crippen molar-refractivity contribution in [1.82, 2.24) is 10.2 Å². The van der Waals surface area contributed by atoms with Crippen LogP contribution in [0.2, 0.25) is 0 Å². The molecular weight excluding hydrogens is 364 g/mol. The van der Waals surface area contributed by atoms with Gasteiger partial charge in [-0.25, -0.2) is 0 Å². The number of aliphatic hydroxyl groups excluding tert-OH is 1. The summed E-state index contributed by atoms with van der Waals surface area (Å²) < 4.78 is 77.9. The van der Waals surface area contributed by atoms with Crippen LogP contribution in [0, 0.1) is 6.92 Å². The average Bonchev–Trinajstić information content (AvgIpc) is 2.51. The largest absolute Gasteiger partial charge is 0.417 e. The number of nitrogens with one attached hydrogen (secondary N) is 1. The fourth-order valence-corrected chi connectivity index (χ4v) is 2.21. The molecule has 0 amide bonds. The van der Waals surface area contributed by atoms with E-state index >= 15 is 0 Å². The third-order valence-corrected chi connectivity index (χ3v) is 3.48. The summed E-state index contributed by atoms with van der Waals surface area (Å²) in [7, 11) is 0. The highest BCUT2D eigenvalue weighted by molar-refractivity contribution is 5.67. The number of benzene rings is 1. The van der Waals surface area contributed by atoms with E-state index in [1.807, 2.05) is 0 Å². The van der Waals surface area contributed by atoms with E-state index in [9.17, 15) is 31.4 Å². The van der Waals surface area contributed by atoms with E-state index in [-0.39, 0.29) is 24.1 Å². The van der Waals surface area contributed by atoms with Crippen molar-refractivity contribution in [2.45, 2.75) is 32.3 Å². The van der Waals surface area contributed by atoms with E-state index in [0.29, 0.717) is 11.6 Å². The first kappa shape index (κ1) is 20.0. The highest BCUT2D eigenvalue weighted by atomic mass is 19.4. The molecule has 142 valence electrons. The normalized spacial score (nSPS) is 13.6. The van der Waals surface area contributed by atoms with Crippen LogP contribution in [-0.4, -0.2) is 28.0 Å². The third-order valence-electron chi connectivity index (χ3n) is 3.48. The average molecular weight is 379 g/mol. The van der Waals surface area contributed by atoms with Crippen LogP contribution in [0.5, 0.6) is 0 Å². The Labute approximate surface area is 144 Å². The lowest BCUT2D eigenvalue weighted by atomic mass is 9.99. The summed E-state index contributed by atoms with van der Waals surface area (Å²) in [5.74, 6) is 0.259. The molecule has 26 heavy (non-hydrogen) atoms. The minimum atomic E-state index is -4.99. The predicted molar refractivity (Wildman–Crippen MR) is 82.4 cm³/mol. The van der Waals surface area contributed by atoms with E-state index in [0.717, 1.165) is 6.07 Å². The van der Waals surface area contributed by atoms with Crippen molar-refractivity contribution < 1.29 is 31.4 Å². The number of aromatic nitrogens is 2. The topological polar surface area (TPSA) is 58.0 Å². The van der Waals surface area contributed by atoms with Crippen LogP contribution in [0.25, 0.3) is 11.3 Å². The smallest absolute Gasteiger partial charge is 0.392 e. The fraction of sp³-hybridized carbons (Fsp3) is 0.375. The van der Waals surface area contributed by atoms with Crippen LogP contribution in [0.15, 0.2) is 24.3 Å². The standard InChI is InChI=1S/C16H15F6N3O/c1-8-5-13(24-25-14(8)23-7-9(2)26)11-4-3-10(15(17,18)19)6-12(11)16(20,21)22/h3-6,9,26H,7H2,1-2H3,(H,23,25)/t9-/m1/s1. The maximum Gasteiger partial charge on any atom is 0.417 e. The number of hydrogen-bond donors (Lipinski definition) is 2. The van der Waals surface area contributed by atoms with Crippen LogP contribution in [0.3, 0.4) is 0 Å². The molecule has 1 aromatic carbocycles. The van der Waals surface area contributed by atoms with Crippen LogP contribution in [0.4, 0.5) is 32.2 Å². The Morgan fingerprint density at radius 3 is 2.19 bits per heavy atom. The van der Waals surface area contributed by atoms with Gasteiger partial charge < -0.3 is 10.4 Å². The maximum absolute atomic E-state index is 13.2. The summed E-state index contributed by atoms with van der Waals surface area (Å²) in [4.78, 5) is 0. The Balaban J connectivity index is 2.49. The van der Waals surface area contributed by atoms with Crippen LogP contribution < -0.4 is 5.32 Å². The first-order chi connectivity index (χ1) is 11.9. The Bertz CT molecular complexity index is 787. The van der Waals surface area contributed by atoms with Crippen LogP contribution in [0.1, 0.15) is 23.6 Å². The minimum Gasteiger partial charge on any atom is -0.392 e. The SMILES string of the molecule is Cc1cc(-c2ccc(C(F)(F)F)cc2C(F)(F)F)nnc1NC[C@@H](C)O. The van der Waals surface area contributed by atoms with E-state index < -0.39 is 35.1 Å². The molecule has 0 spiro atoms. The van der Waals surface area contributed by atoms with Crippen molar-refractivity contribution in [3.05, 3.63) is 41.0 Å². The summed E-state index contributed by atoms with van der Waals surface area (Å²) >= 11 is 0. The Kier molecular flexibility index (Phi) is 5.45. The molecule has 0 aliphatic heterocycles. The van der Waals surface area contributed by atoms with E-state index in [2.05, 4.69) is 15.5 Å². The van der Waals surface area contributed by atoms with Crippen molar-refractivity contribution in [3.63, 3.8) is 0 Å². The number of alkyl halides is 6. The highest BCUT2D eigenvalue weighted by Gasteiger charge is 2.38. The molecule has 0 saturated heterocycles. The molecular formula is C16H15F6N3O. The molecule has 0 radical (unpaired) electrons. The van der Waals surface area contributed by atoms with Gasteiger partial charge in [-0.2, -0.15) is 26.3 Å². The van der Waals surface area contributed by atoms with Gasteiger partial charge in [0.2, 0.25) is 0 Å². The number of hydrogen-bond acceptors (Lipinski definition) is 4. The molecule has 1 heterocycles. The molecule has 0 fully saturated rings. The Morgan fingerprint density at radius 1 is 1.04 bits per heavy atom. The fourth-order valence-electron chi connectivity index (χ4n) is 2.21. The van der Waals surface area contributed by atoms with Crippen molar-refractivity contribution in [2.75, 3.05) is 11.9 Å². The van der Waals surface area contributed by atoms with Gasteiger partial charge >= 0.3 is 12.4 Å². The highest BCUT2D eigenvalue weighted by Crippen LogP contribution is 2.40. The zero-order chi connectivity index (χ0) is 19.7. The molecule has 1 atom stereocenters. The number of anilines is 1. The second-order valence-corrected chi connectivity index (χ2v) is 5.75. The van der Waals surface area contributed by atoms with E-state index in [1.54, 1.807) is 6.92 Å². The van der Waals surface area contributed by atoms with E-state index in [1.165, 1.54) is 13.0 Å². The van der Waals surface area contributed by atoms with Gasteiger partial charge in [0.15, 0.2) is 5.82 Å². The summed E-state index contributed by atoms with van der Waals surface area (Å²) in [5.41, 5.74) is -3.10. The van der Waals surface area contributed by atoms with Gasteiger partial charge in [-0.3, -0.25) is 0 Å². The first-order valence-corrected chi connectivity index (χ1v) is 7.44. The lowest BCUT2D eigenvalue weighted by molar-refractivity contribution is -0.142. The van der Waals surface area contributed by atoms with Crippen LogP contribution in [-0.2, 0) is 12.4 Å². The zero-order valence-corrected chi connectivity index (χ0v) is 13.7. The van der Waals surface area contributed by atoms with Gasteiger partial charge in [-0.15, -0.1) is 10.2 Å². The minimum absolute atomic E-state index is 0.0615. The lowest BCUT2D eigenvalue weighted by Gasteiger charge is -2.16. The number of nitrogens with zero attached hydrogens (tertiary/aromatic N) is 2. The summed E-state index contributed by atoms with van der Waals surface area (Å²) in [5, 5.41) is 19.4. The van der Waals surface area contributed by atoms with Crippen molar-refractivity contribution in [2.24, 2.45) is 0 Å². The monoisotopic (exact) mass is 379 g/mol. The second-order valence-electron chi connectivity index (χ2n) is 5.75. The van der Waals surface area contributed by atoms with Gasteiger partial charge in [0.25, 0.3) is 0 Å². The number of aliphatic hydroxyl groups is 1. The molecule has 2 rings (SSSR count). The molecule has 0 unspecified atom stereocenters. The van der Waals surface area contributed by atoms with Crippen LogP contribution >= 0.6 is 0 Å². The summed E-state index contributed by atoms with van der Waals surface area (Å²) in [6.07, 6.45) is -10.6. The molecule has 2 aromatic rings. The van der Waals surface area contributed by atoms with Gasteiger partial charge in [-0.05, 0) is 37.6 Å². The number of rotatable bonds is 4. The molecule has 10 heteroatoms. The molecule has 0 aliphatic carbocycles.